The summed E-state index contributed by atoms with van der Waals surface area (Å²) in [5.74, 6) is 1.48. The average Bonchev–Trinajstić information content (AvgIpc) is 3.05. The number of nitrogens with zero attached hydrogens (tertiary/aromatic N) is 2. The fourth-order valence-corrected chi connectivity index (χ4v) is 2.60. The summed E-state index contributed by atoms with van der Waals surface area (Å²) in [5, 5.41) is 4.28. The molecule has 3 rings (SSSR count). The molecule has 0 unspecified atom stereocenters. The van der Waals surface area contributed by atoms with Gasteiger partial charge in [0.2, 0.25) is 5.95 Å². The first-order chi connectivity index (χ1) is 12.4. The van der Waals surface area contributed by atoms with Gasteiger partial charge in [0.25, 0.3) is 0 Å². The SMILES string of the molecule is CCCCCCOc1ccccc1/C=N\Nc1nc2ccccc2[nH]1. The molecule has 1 aromatic heterocycles. The monoisotopic (exact) mass is 336 g/mol. The first kappa shape index (κ1) is 17.0. The molecule has 130 valence electrons. The first-order valence-electron chi connectivity index (χ1n) is 8.82. The van der Waals surface area contributed by atoms with Gasteiger partial charge in [-0.05, 0) is 30.7 Å². The van der Waals surface area contributed by atoms with Crippen molar-refractivity contribution in [1.82, 2.24) is 9.97 Å². The first-order valence-corrected chi connectivity index (χ1v) is 8.82. The van der Waals surface area contributed by atoms with Crippen molar-refractivity contribution in [2.75, 3.05) is 12.0 Å². The van der Waals surface area contributed by atoms with Gasteiger partial charge in [-0.1, -0.05) is 50.5 Å². The van der Waals surface area contributed by atoms with Crippen LogP contribution in [0.4, 0.5) is 5.95 Å². The zero-order valence-electron chi connectivity index (χ0n) is 14.5. The molecule has 0 saturated heterocycles. The number of ether oxygens (including phenoxy) is 1. The second kappa shape index (κ2) is 8.87. The molecule has 1 heterocycles. The molecule has 5 heteroatoms. The molecule has 25 heavy (non-hydrogen) atoms. The summed E-state index contributed by atoms with van der Waals surface area (Å²) in [4.78, 5) is 7.62. The maximum atomic E-state index is 5.89. The maximum absolute atomic E-state index is 5.89. The summed E-state index contributed by atoms with van der Waals surface area (Å²) in [6.07, 6.45) is 6.54. The number of hydrogen-bond acceptors (Lipinski definition) is 4. The minimum absolute atomic E-state index is 0.621. The highest BCUT2D eigenvalue weighted by molar-refractivity contribution is 5.84. The Balaban J connectivity index is 1.59. The number of aromatic nitrogens is 2. The number of anilines is 1. The van der Waals surface area contributed by atoms with Crippen LogP contribution in [0.25, 0.3) is 11.0 Å². The van der Waals surface area contributed by atoms with E-state index in [0.29, 0.717) is 5.95 Å². The number of hydrazone groups is 1. The van der Waals surface area contributed by atoms with E-state index in [9.17, 15) is 0 Å². The summed E-state index contributed by atoms with van der Waals surface area (Å²) in [6.45, 7) is 2.95. The Morgan fingerprint density at radius 3 is 2.80 bits per heavy atom. The molecule has 0 aliphatic rings. The molecular formula is C20H24N4O. The topological polar surface area (TPSA) is 62.3 Å². The van der Waals surface area contributed by atoms with Crippen molar-refractivity contribution in [2.45, 2.75) is 32.6 Å². The van der Waals surface area contributed by atoms with Crippen LogP contribution >= 0.6 is 0 Å². The molecule has 0 aliphatic carbocycles. The van der Waals surface area contributed by atoms with E-state index >= 15 is 0 Å². The number of rotatable bonds is 9. The molecule has 2 aromatic carbocycles. The molecule has 0 amide bonds. The van der Waals surface area contributed by atoms with Gasteiger partial charge in [-0.2, -0.15) is 5.10 Å². The number of fused-ring (bicyclic) bond motifs is 1. The third-order valence-corrected chi connectivity index (χ3v) is 3.94. The summed E-state index contributed by atoms with van der Waals surface area (Å²) in [6, 6.07) is 15.8. The van der Waals surface area contributed by atoms with Crippen molar-refractivity contribution < 1.29 is 4.74 Å². The van der Waals surface area contributed by atoms with Crippen LogP contribution < -0.4 is 10.2 Å². The van der Waals surface area contributed by atoms with Gasteiger partial charge in [0, 0.05) is 5.56 Å². The van der Waals surface area contributed by atoms with Crippen molar-refractivity contribution in [3.05, 3.63) is 54.1 Å². The molecule has 3 aromatic rings. The smallest absolute Gasteiger partial charge is 0.222 e. The van der Waals surface area contributed by atoms with E-state index in [0.717, 1.165) is 35.4 Å². The fourth-order valence-electron chi connectivity index (χ4n) is 2.60. The molecule has 0 radical (unpaired) electrons. The Morgan fingerprint density at radius 1 is 1.08 bits per heavy atom. The van der Waals surface area contributed by atoms with Crippen molar-refractivity contribution in [3.8, 4) is 5.75 Å². The van der Waals surface area contributed by atoms with Crippen LogP contribution in [0.2, 0.25) is 0 Å². The van der Waals surface area contributed by atoms with Gasteiger partial charge >= 0.3 is 0 Å². The van der Waals surface area contributed by atoms with Crippen molar-refractivity contribution >= 4 is 23.2 Å². The normalized spacial score (nSPS) is 11.2. The van der Waals surface area contributed by atoms with Gasteiger partial charge in [0.1, 0.15) is 5.75 Å². The molecule has 0 spiro atoms. The van der Waals surface area contributed by atoms with E-state index in [1.807, 2.05) is 48.5 Å². The van der Waals surface area contributed by atoms with Gasteiger partial charge in [-0.15, -0.1) is 0 Å². The highest BCUT2D eigenvalue weighted by Gasteiger charge is 2.02. The van der Waals surface area contributed by atoms with Crippen molar-refractivity contribution in [3.63, 3.8) is 0 Å². The average molecular weight is 336 g/mol. The molecular weight excluding hydrogens is 312 g/mol. The largest absolute Gasteiger partial charge is 0.493 e. The van der Waals surface area contributed by atoms with Crippen LogP contribution in [0.3, 0.4) is 0 Å². The highest BCUT2D eigenvalue weighted by Crippen LogP contribution is 2.17. The highest BCUT2D eigenvalue weighted by atomic mass is 16.5. The minimum atomic E-state index is 0.621. The number of nitrogens with one attached hydrogen (secondary N) is 2. The van der Waals surface area contributed by atoms with Crippen LogP contribution in [0.15, 0.2) is 53.6 Å². The summed E-state index contributed by atoms with van der Waals surface area (Å²) in [7, 11) is 0. The number of imidazole rings is 1. The molecule has 2 N–H and O–H groups in total. The lowest BCUT2D eigenvalue weighted by molar-refractivity contribution is 0.304. The Bertz CT molecular complexity index is 792. The number of unbranched alkanes of at least 4 members (excludes halogenated alkanes) is 3. The van der Waals surface area contributed by atoms with Crippen LogP contribution in [0.5, 0.6) is 5.75 Å². The van der Waals surface area contributed by atoms with E-state index in [1.165, 1.54) is 19.3 Å². The Labute approximate surface area is 148 Å². The van der Waals surface area contributed by atoms with Crippen LogP contribution in [0, 0.1) is 0 Å². The lowest BCUT2D eigenvalue weighted by atomic mass is 10.2. The van der Waals surface area contributed by atoms with E-state index in [-0.39, 0.29) is 0 Å². The number of hydrogen-bond donors (Lipinski definition) is 2. The number of benzene rings is 2. The van der Waals surface area contributed by atoms with Crippen LogP contribution in [0.1, 0.15) is 38.2 Å². The Morgan fingerprint density at radius 2 is 1.92 bits per heavy atom. The van der Waals surface area contributed by atoms with E-state index in [1.54, 1.807) is 6.21 Å². The van der Waals surface area contributed by atoms with Gasteiger partial charge < -0.3 is 9.72 Å². The second-order valence-corrected chi connectivity index (χ2v) is 5.92. The van der Waals surface area contributed by atoms with E-state index < -0.39 is 0 Å². The summed E-state index contributed by atoms with van der Waals surface area (Å²) in [5.41, 5.74) is 5.78. The standard InChI is InChI=1S/C20H24N4O/c1-2-3-4-9-14-25-19-13-8-5-10-16(19)15-21-24-20-22-17-11-6-7-12-18(17)23-20/h5-8,10-13,15H,2-4,9,14H2,1H3,(H2,22,23,24)/b21-15-. The minimum Gasteiger partial charge on any atom is -0.493 e. The summed E-state index contributed by atoms with van der Waals surface area (Å²) >= 11 is 0. The number of para-hydroxylation sites is 3. The second-order valence-electron chi connectivity index (χ2n) is 5.92. The number of aromatic amines is 1. The molecule has 5 nitrogen and oxygen atoms in total. The fraction of sp³-hybridized carbons (Fsp3) is 0.300. The number of H-pyrrole nitrogens is 1. The predicted octanol–water partition coefficient (Wildman–Crippen LogP) is 4.97. The third-order valence-electron chi connectivity index (χ3n) is 3.94. The van der Waals surface area contributed by atoms with Crippen molar-refractivity contribution in [2.24, 2.45) is 5.10 Å². The van der Waals surface area contributed by atoms with Gasteiger partial charge in [0.15, 0.2) is 0 Å². The third kappa shape index (κ3) is 4.83. The molecule has 0 aliphatic heterocycles. The lowest BCUT2D eigenvalue weighted by Gasteiger charge is -2.08. The maximum Gasteiger partial charge on any atom is 0.222 e. The van der Waals surface area contributed by atoms with Crippen LogP contribution in [-0.4, -0.2) is 22.8 Å². The Kier molecular flexibility index (Phi) is 6.04. The molecule has 0 fully saturated rings. The quantitative estimate of drug-likeness (QED) is 0.329. The van der Waals surface area contributed by atoms with Crippen molar-refractivity contribution in [1.29, 1.82) is 0 Å². The lowest BCUT2D eigenvalue weighted by Crippen LogP contribution is -2.00. The van der Waals surface area contributed by atoms with E-state index in [2.05, 4.69) is 27.4 Å². The van der Waals surface area contributed by atoms with Gasteiger partial charge in [0.05, 0.1) is 23.9 Å². The molecule has 0 saturated carbocycles. The van der Waals surface area contributed by atoms with Crippen LogP contribution in [-0.2, 0) is 0 Å². The van der Waals surface area contributed by atoms with Gasteiger partial charge in [-0.25, -0.2) is 10.4 Å². The predicted molar refractivity (Wildman–Crippen MR) is 103 cm³/mol. The Hall–Kier alpha value is -2.82. The zero-order valence-corrected chi connectivity index (χ0v) is 14.5. The molecule has 0 atom stereocenters. The van der Waals surface area contributed by atoms with E-state index in [4.69, 9.17) is 4.74 Å². The zero-order chi connectivity index (χ0) is 17.3. The molecule has 0 bridgehead atoms. The summed E-state index contributed by atoms with van der Waals surface area (Å²) < 4.78 is 5.89. The van der Waals surface area contributed by atoms with Gasteiger partial charge in [-0.3, -0.25) is 0 Å².